The Morgan fingerprint density at radius 3 is 2.76 bits per heavy atom. The van der Waals surface area contributed by atoms with Crippen LogP contribution in [0.25, 0.3) is 0 Å². The summed E-state index contributed by atoms with van der Waals surface area (Å²) >= 11 is 1.66. The summed E-state index contributed by atoms with van der Waals surface area (Å²) in [7, 11) is 0. The first-order valence-electron chi connectivity index (χ1n) is 5.35. The maximum Gasteiger partial charge on any atom is 0.114 e. The Balaban J connectivity index is 1.79. The highest BCUT2D eigenvalue weighted by Crippen LogP contribution is 2.16. The maximum atomic E-state index is 4.56. The third-order valence-electron chi connectivity index (χ3n) is 2.48. The number of thiazole rings is 1. The molecule has 0 aliphatic carbocycles. The molecule has 83 valence electrons. The van der Waals surface area contributed by atoms with Gasteiger partial charge in [-0.15, -0.1) is 16.4 Å². The molecule has 0 saturated heterocycles. The van der Waals surface area contributed by atoms with Crippen LogP contribution in [0.15, 0.2) is 53.1 Å². The van der Waals surface area contributed by atoms with Crippen molar-refractivity contribution in [1.29, 1.82) is 0 Å². The van der Waals surface area contributed by atoms with Gasteiger partial charge in [0.25, 0.3) is 0 Å². The van der Waals surface area contributed by atoms with Crippen molar-refractivity contribution < 1.29 is 0 Å². The topological polar surface area (TPSA) is 39.4 Å². The maximum absolute atomic E-state index is 4.56. The minimum Gasteiger partial charge on any atom is -0.239 e. The first-order valence-corrected chi connectivity index (χ1v) is 6.23. The van der Waals surface area contributed by atoms with E-state index in [2.05, 4.69) is 27.6 Å². The van der Waals surface area contributed by atoms with Gasteiger partial charge in [-0.25, -0.2) is 4.98 Å². The van der Waals surface area contributed by atoms with Crippen molar-refractivity contribution >= 4 is 17.0 Å². The van der Waals surface area contributed by atoms with E-state index in [0.29, 0.717) is 0 Å². The average Bonchev–Trinajstić information content (AvgIpc) is 3.00. The summed E-state index contributed by atoms with van der Waals surface area (Å²) in [5.41, 5.74) is 6.85. The lowest BCUT2D eigenvalue weighted by Gasteiger charge is -1.96. The van der Waals surface area contributed by atoms with Crippen molar-refractivity contribution in [3.63, 3.8) is 0 Å². The minimum atomic E-state index is 0.848. The number of hydrogen-bond acceptors (Lipinski definition) is 3. The summed E-state index contributed by atoms with van der Waals surface area (Å²) in [6.07, 6.45) is 4.44. The Morgan fingerprint density at radius 1 is 1.12 bits per heavy atom. The molecular formula is C13H10N3S. The SMILES string of the molecule is C1=CC(c2csc(Cc3ccccc3)n2)=N[N]1. The molecule has 3 rings (SSSR count). The van der Waals surface area contributed by atoms with Crippen molar-refractivity contribution in [2.45, 2.75) is 6.42 Å². The van der Waals surface area contributed by atoms with Gasteiger partial charge in [-0.2, -0.15) is 5.43 Å². The van der Waals surface area contributed by atoms with E-state index >= 15 is 0 Å². The van der Waals surface area contributed by atoms with Crippen molar-refractivity contribution in [2.75, 3.05) is 0 Å². The van der Waals surface area contributed by atoms with Gasteiger partial charge in [-0.1, -0.05) is 30.3 Å². The monoisotopic (exact) mass is 240 g/mol. The third-order valence-corrected chi connectivity index (χ3v) is 3.33. The molecule has 2 aromatic rings. The quantitative estimate of drug-likeness (QED) is 0.812. The highest BCUT2D eigenvalue weighted by atomic mass is 32.1. The summed E-state index contributed by atoms with van der Waals surface area (Å²) in [5.74, 6) is 0. The molecule has 0 amide bonds. The molecule has 1 aliphatic heterocycles. The molecule has 0 fully saturated rings. The largest absolute Gasteiger partial charge is 0.239 e. The highest BCUT2D eigenvalue weighted by molar-refractivity contribution is 7.09. The molecule has 0 atom stereocenters. The van der Waals surface area contributed by atoms with E-state index in [-0.39, 0.29) is 0 Å². The Kier molecular flexibility index (Phi) is 2.71. The number of rotatable bonds is 3. The van der Waals surface area contributed by atoms with E-state index < -0.39 is 0 Å². The van der Waals surface area contributed by atoms with E-state index in [1.54, 1.807) is 17.5 Å². The number of nitrogens with zero attached hydrogens (tertiary/aromatic N) is 3. The van der Waals surface area contributed by atoms with Crippen molar-refractivity contribution in [2.24, 2.45) is 5.10 Å². The predicted octanol–water partition coefficient (Wildman–Crippen LogP) is 2.57. The molecule has 1 aromatic heterocycles. The molecule has 0 unspecified atom stereocenters. The lowest BCUT2D eigenvalue weighted by molar-refractivity contribution is 0.970. The second-order valence-electron chi connectivity index (χ2n) is 3.71. The number of benzene rings is 1. The molecule has 0 saturated carbocycles. The fourth-order valence-corrected chi connectivity index (χ4v) is 2.47. The molecule has 0 N–H and O–H groups in total. The van der Waals surface area contributed by atoms with E-state index in [4.69, 9.17) is 0 Å². The lowest BCUT2D eigenvalue weighted by Crippen LogP contribution is -1.96. The first-order chi connectivity index (χ1) is 8.42. The van der Waals surface area contributed by atoms with Crippen LogP contribution in [0.2, 0.25) is 0 Å². The summed E-state index contributed by atoms with van der Waals surface area (Å²) < 4.78 is 0. The summed E-state index contributed by atoms with van der Waals surface area (Å²) in [6, 6.07) is 10.3. The van der Waals surface area contributed by atoms with Crippen LogP contribution >= 0.6 is 11.3 Å². The van der Waals surface area contributed by atoms with E-state index in [1.165, 1.54) is 5.56 Å². The Bertz CT molecular complexity index is 569. The van der Waals surface area contributed by atoms with Gasteiger partial charge in [-0.05, 0) is 11.6 Å². The predicted molar refractivity (Wildman–Crippen MR) is 69.2 cm³/mol. The highest BCUT2D eigenvalue weighted by Gasteiger charge is 2.09. The van der Waals surface area contributed by atoms with Crippen LogP contribution in [0.4, 0.5) is 0 Å². The smallest absolute Gasteiger partial charge is 0.114 e. The molecule has 1 radical (unpaired) electrons. The summed E-state index contributed by atoms with van der Waals surface area (Å²) in [4.78, 5) is 4.56. The van der Waals surface area contributed by atoms with Crippen LogP contribution in [0, 0.1) is 0 Å². The van der Waals surface area contributed by atoms with Gasteiger partial charge in [-0.3, -0.25) is 0 Å². The first kappa shape index (κ1) is 10.2. The van der Waals surface area contributed by atoms with Crippen LogP contribution in [0.1, 0.15) is 16.3 Å². The molecular weight excluding hydrogens is 230 g/mol. The second-order valence-corrected chi connectivity index (χ2v) is 4.65. The number of allylic oxidation sites excluding steroid dienone is 1. The molecule has 3 nitrogen and oxygen atoms in total. The zero-order valence-electron chi connectivity index (χ0n) is 9.08. The van der Waals surface area contributed by atoms with Crippen molar-refractivity contribution in [3.05, 3.63) is 64.3 Å². The van der Waals surface area contributed by atoms with E-state index in [1.807, 2.05) is 29.7 Å². The standard InChI is InChI=1S/C13H10N3S/c1-2-4-10(5-3-1)8-13-15-12(9-17-13)11-6-7-14-16-11/h1-7,9H,8H2. The summed E-state index contributed by atoms with van der Waals surface area (Å²) in [5, 5.41) is 7.14. The van der Waals surface area contributed by atoms with Crippen LogP contribution in [0.3, 0.4) is 0 Å². The molecule has 0 spiro atoms. The normalized spacial score (nSPS) is 13.5. The Morgan fingerprint density at radius 2 is 2.00 bits per heavy atom. The Labute approximate surface area is 104 Å². The van der Waals surface area contributed by atoms with Crippen molar-refractivity contribution in [3.8, 4) is 0 Å². The molecule has 4 heteroatoms. The van der Waals surface area contributed by atoms with Crippen LogP contribution < -0.4 is 5.43 Å². The average molecular weight is 240 g/mol. The van der Waals surface area contributed by atoms with Crippen molar-refractivity contribution in [1.82, 2.24) is 10.4 Å². The fraction of sp³-hybridized carbons (Fsp3) is 0.0769. The van der Waals surface area contributed by atoms with E-state index in [9.17, 15) is 0 Å². The molecule has 1 aromatic carbocycles. The van der Waals surface area contributed by atoms with Gasteiger partial charge in [0.15, 0.2) is 0 Å². The van der Waals surface area contributed by atoms with Crippen LogP contribution in [-0.4, -0.2) is 10.7 Å². The zero-order valence-corrected chi connectivity index (χ0v) is 9.89. The molecule has 17 heavy (non-hydrogen) atoms. The number of hydrogen-bond donors (Lipinski definition) is 0. The second kappa shape index (κ2) is 4.51. The fourth-order valence-electron chi connectivity index (χ4n) is 1.65. The van der Waals surface area contributed by atoms with Crippen LogP contribution in [0.5, 0.6) is 0 Å². The van der Waals surface area contributed by atoms with Crippen LogP contribution in [-0.2, 0) is 6.42 Å². The zero-order chi connectivity index (χ0) is 11.5. The minimum absolute atomic E-state index is 0.848. The van der Waals surface area contributed by atoms with Gasteiger partial charge < -0.3 is 0 Å². The molecule has 1 aliphatic rings. The van der Waals surface area contributed by atoms with Gasteiger partial charge in [0.05, 0.1) is 11.2 Å². The lowest BCUT2D eigenvalue weighted by atomic mass is 10.2. The van der Waals surface area contributed by atoms with E-state index in [0.717, 1.165) is 22.8 Å². The number of aromatic nitrogens is 1. The Hall–Kier alpha value is -1.94. The van der Waals surface area contributed by atoms with Gasteiger partial charge in [0, 0.05) is 11.8 Å². The van der Waals surface area contributed by atoms with Gasteiger partial charge in [0.1, 0.15) is 11.4 Å². The summed E-state index contributed by atoms with van der Waals surface area (Å²) in [6.45, 7) is 0. The molecule has 2 heterocycles. The van der Waals surface area contributed by atoms with Gasteiger partial charge in [0.2, 0.25) is 0 Å². The van der Waals surface area contributed by atoms with Gasteiger partial charge >= 0.3 is 0 Å². The third kappa shape index (κ3) is 2.26. The molecule has 0 bridgehead atoms.